The quantitative estimate of drug-likeness (QED) is 0.871. The Kier molecular flexibility index (Phi) is 4.86. The van der Waals surface area contributed by atoms with Gasteiger partial charge in [0.15, 0.2) is 0 Å². The number of carbonyl (C=O) groups excluding carboxylic acids is 1. The highest BCUT2D eigenvalue weighted by molar-refractivity contribution is 6.34. The first-order valence-electron chi connectivity index (χ1n) is 6.92. The Morgan fingerprint density at radius 3 is 2.57 bits per heavy atom. The predicted octanol–water partition coefficient (Wildman–Crippen LogP) is 3.89. The molecule has 0 unspecified atom stereocenters. The molecule has 2 aromatic carbocycles. The highest BCUT2D eigenvalue weighted by Crippen LogP contribution is 2.23. The summed E-state index contributed by atoms with van der Waals surface area (Å²) in [6.45, 7) is 4.91. The third kappa shape index (κ3) is 3.37. The Bertz CT molecular complexity index is 655. The molecule has 2 rings (SSSR count). The van der Waals surface area contributed by atoms with Crippen molar-refractivity contribution >= 4 is 23.2 Å². The van der Waals surface area contributed by atoms with E-state index in [0.29, 0.717) is 29.4 Å². The lowest BCUT2D eigenvalue weighted by Gasteiger charge is -2.22. The summed E-state index contributed by atoms with van der Waals surface area (Å²) in [5.74, 6) is -0.0746. The van der Waals surface area contributed by atoms with Gasteiger partial charge >= 0.3 is 0 Å². The first-order chi connectivity index (χ1) is 10.0. The van der Waals surface area contributed by atoms with Crippen LogP contribution in [0.25, 0.3) is 0 Å². The van der Waals surface area contributed by atoms with Gasteiger partial charge in [-0.2, -0.15) is 0 Å². The number of nitrogens with zero attached hydrogens (tertiary/aromatic N) is 1. The van der Waals surface area contributed by atoms with Gasteiger partial charge in [-0.3, -0.25) is 4.79 Å². The van der Waals surface area contributed by atoms with Crippen molar-refractivity contribution in [2.45, 2.75) is 20.4 Å². The van der Waals surface area contributed by atoms with E-state index in [1.165, 1.54) is 0 Å². The van der Waals surface area contributed by atoms with Crippen molar-refractivity contribution in [3.63, 3.8) is 0 Å². The number of benzene rings is 2. The summed E-state index contributed by atoms with van der Waals surface area (Å²) in [6.07, 6.45) is 0. The molecule has 1 amide bonds. The van der Waals surface area contributed by atoms with Crippen LogP contribution in [0.5, 0.6) is 0 Å². The number of nitrogens with two attached hydrogens (primary N) is 1. The van der Waals surface area contributed by atoms with E-state index >= 15 is 0 Å². The van der Waals surface area contributed by atoms with Crippen molar-refractivity contribution in [1.82, 2.24) is 4.90 Å². The summed E-state index contributed by atoms with van der Waals surface area (Å²) < 4.78 is 0. The van der Waals surface area contributed by atoms with E-state index in [-0.39, 0.29) is 5.91 Å². The van der Waals surface area contributed by atoms with Crippen LogP contribution in [0, 0.1) is 6.92 Å². The number of hydrogen-bond donors (Lipinski definition) is 1. The fourth-order valence-corrected chi connectivity index (χ4v) is 2.40. The van der Waals surface area contributed by atoms with E-state index in [2.05, 4.69) is 0 Å². The van der Waals surface area contributed by atoms with Gasteiger partial charge in [0.05, 0.1) is 10.6 Å². The third-order valence-corrected chi connectivity index (χ3v) is 4.01. The Labute approximate surface area is 130 Å². The molecule has 0 saturated heterocycles. The Morgan fingerprint density at radius 2 is 1.90 bits per heavy atom. The number of amides is 1. The molecular formula is C17H19ClN2O. The maximum Gasteiger partial charge on any atom is 0.255 e. The smallest absolute Gasteiger partial charge is 0.255 e. The number of hydrogen-bond acceptors (Lipinski definition) is 2. The van der Waals surface area contributed by atoms with Gasteiger partial charge in [-0.1, -0.05) is 41.9 Å². The summed E-state index contributed by atoms with van der Waals surface area (Å²) in [6, 6.07) is 13.1. The predicted molar refractivity (Wildman–Crippen MR) is 87.5 cm³/mol. The van der Waals surface area contributed by atoms with Gasteiger partial charge in [-0.25, -0.2) is 0 Å². The zero-order valence-electron chi connectivity index (χ0n) is 12.3. The normalized spacial score (nSPS) is 10.4. The summed E-state index contributed by atoms with van der Waals surface area (Å²) in [7, 11) is 0. The maximum absolute atomic E-state index is 12.7. The highest BCUT2D eigenvalue weighted by Gasteiger charge is 2.18. The number of aryl methyl sites for hydroxylation is 1. The largest absolute Gasteiger partial charge is 0.398 e. The molecule has 2 aromatic rings. The zero-order valence-corrected chi connectivity index (χ0v) is 13.0. The second-order valence-corrected chi connectivity index (χ2v) is 5.33. The number of anilines is 1. The van der Waals surface area contributed by atoms with Crippen molar-refractivity contribution < 1.29 is 4.79 Å². The minimum absolute atomic E-state index is 0.0746. The van der Waals surface area contributed by atoms with Gasteiger partial charge < -0.3 is 10.6 Å². The molecule has 0 aliphatic rings. The van der Waals surface area contributed by atoms with Crippen molar-refractivity contribution in [3.8, 4) is 0 Å². The molecule has 21 heavy (non-hydrogen) atoms. The molecule has 0 bridgehead atoms. The fourth-order valence-electron chi connectivity index (χ4n) is 2.19. The van der Waals surface area contributed by atoms with Crippen molar-refractivity contribution in [1.29, 1.82) is 0 Å². The van der Waals surface area contributed by atoms with E-state index in [1.807, 2.05) is 50.2 Å². The summed E-state index contributed by atoms with van der Waals surface area (Å²) >= 11 is 6.25. The number of para-hydroxylation sites is 1. The molecule has 0 heterocycles. The standard InChI is InChI=1S/C17H19ClN2O/c1-3-20(11-13-8-4-5-10-15(13)19)17(21)14-9-6-7-12(2)16(14)18/h4-10H,3,11,19H2,1-2H3. The average Bonchev–Trinajstić information content (AvgIpc) is 2.48. The van der Waals surface area contributed by atoms with E-state index in [4.69, 9.17) is 17.3 Å². The Hall–Kier alpha value is -2.00. The molecule has 0 spiro atoms. The second-order valence-electron chi connectivity index (χ2n) is 4.95. The monoisotopic (exact) mass is 302 g/mol. The summed E-state index contributed by atoms with van der Waals surface area (Å²) in [5, 5.41) is 0.516. The molecule has 110 valence electrons. The molecule has 2 N–H and O–H groups in total. The van der Waals surface area contributed by atoms with E-state index in [0.717, 1.165) is 11.1 Å². The topological polar surface area (TPSA) is 46.3 Å². The van der Waals surface area contributed by atoms with E-state index in [9.17, 15) is 4.79 Å². The van der Waals surface area contributed by atoms with Crippen LogP contribution >= 0.6 is 11.6 Å². The lowest BCUT2D eigenvalue weighted by atomic mass is 10.1. The first-order valence-corrected chi connectivity index (χ1v) is 7.30. The Morgan fingerprint density at radius 1 is 1.19 bits per heavy atom. The molecule has 3 nitrogen and oxygen atoms in total. The van der Waals surface area contributed by atoms with Crippen molar-refractivity contribution in [3.05, 3.63) is 64.2 Å². The summed E-state index contributed by atoms with van der Waals surface area (Å²) in [5.41, 5.74) is 9.02. The molecule has 4 heteroatoms. The maximum atomic E-state index is 12.7. The highest BCUT2D eigenvalue weighted by atomic mass is 35.5. The first kappa shape index (κ1) is 15.4. The Balaban J connectivity index is 2.27. The van der Waals surface area contributed by atoms with Crippen LogP contribution in [0.1, 0.15) is 28.4 Å². The fraction of sp³-hybridized carbons (Fsp3) is 0.235. The van der Waals surface area contributed by atoms with Crippen LogP contribution in [0.3, 0.4) is 0 Å². The molecule has 0 aromatic heterocycles. The molecular weight excluding hydrogens is 284 g/mol. The molecule has 0 aliphatic heterocycles. The third-order valence-electron chi connectivity index (χ3n) is 3.51. The number of rotatable bonds is 4. The van der Waals surface area contributed by atoms with Gasteiger partial charge in [0.1, 0.15) is 0 Å². The van der Waals surface area contributed by atoms with Gasteiger partial charge in [0, 0.05) is 18.8 Å². The van der Waals surface area contributed by atoms with Crippen LogP contribution in [-0.4, -0.2) is 17.4 Å². The van der Waals surface area contributed by atoms with E-state index < -0.39 is 0 Å². The van der Waals surface area contributed by atoms with Crippen LogP contribution in [0.2, 0.25) is 5.02 Å². The second kappa shape index (κ2) is 6.64. The van der Waals surface area contributed by atoms with Gasteiger partial charge in [0.25, 0.3) is 5.91 Å². The number of nitrogen functional groups attached to an aromatic ring is 1. The van der Waals surface area contributed by atoms with Crippen molar-refractivity contribution in [2.75, 3.05) is 12.3 Å². The van der Waals surface area contributed by atoms with Gasteiger partial charge in [-0.15, -0.1) is 0 Å². The molecule has 0 atom stereocenters. The van der Waals surface area contributed by atoms with Crippen LogP contribution in [0.15, 0.2) is 42.5 Å². The SMILES string of the molecule is CCN(Cc1ccccc1N)C(=O)c1cccc(C)c1Cl. The van der Waals surface area contributed by atoms with Gasteiger partial charge in [-0.05, 0) is 37.1 Å². The van der Waals surface area contributed by atoms with Gasteiger partial charge in [0.2, 0.25) is 0 Å². The minimum atomic E-state index is -0.0746. The lowest BCUT2D eigenvalue weighted by molar-refractivity contribution is 0.0753. The van der Waals surface area contributed by atoms with E-state index in [1.54, 1.807) is 11.0 Å². The molecule has 0 fully saturated rings. The van der Waals surface area contributed by atoms with Crippen LogP contribution in [0.4, 0.5) is 5.69 Å². The minimum Gasteiger partial charge on any atom is -0.398 e. The lowest BCUT2D eigenvalue weighted by Crippen LogP contribution is -2.30. The summed E-state index contributed by atoms with van der Waals surface area (Å²) in [4.78, 5) is 14.4. The zero-order chi connectivity index (χ0) is 15.4. The number of halogens is 1. The van der Waals surface area contributed by atoms with Crippen LogP contribution < -0.4 is 5.73 Å². The molecule has 0 radical (unpaired) electrons. The van der Waals surface area contributed by atoms with Crippen molar-refractivity contribution in [2.24, 2.45) is 0 Å². The number of carbonyl (C=O) groups is 1. The molecule has 0 saturated carbocycles. The average molecular weight is 303 g/mol. The molecule has 0 aliphatic carbocycles. The van der Waals surface area contributed by atoms with Crippen LogP contribution in [-0.2, 0) is 6.54 Å².